The van der Waals surface area contributed by atoms with Crippen LogP contribution in [0.5, 0.6) is 0 Å². The monoisotopic (exact) mass is 430 g/mol. The lowest BCUT2D eigenvalue weighted by molar-refractivity contribution is -0.139. The maximum Gasteiger partial charge on any atom is 0.325 e. The molecule has 1 atom stereocenters. The number of carbonyl (C=O) groups excluding carboxylic acids is 3. The third-order valence-electron chi connectivity index (χ3n) is 5.67. The van der Waals surface area contributed by atoms with Gasteiger partial charge < -0.3 is 10.2 Å². The molecule has 2 aliphatic heterocycles. The molecule has 1 aromatic carbocycles. The van der Waals surface area contributed by atoms with Gasteiger partial charge in [0.25, 0.3) is 5.91 Å². The largest absolute Gasteiger partial charge is 0.339 e. The minimum Gasteiger partial charge on any atom is -0.339 e. The van der Waals surface area contributed by atoms with E-state index >= 15 is 0 Å². The third kappa shape index (κ3) is 3.95. The van der Waals surface area contributed by atoms with E-state index in [1.54, 1.807) is 23.2 Å². The first-order chi connectivity index (χ1) is 14.4. The smallest absolute Gasteiger partial charge is 0.325 e. The van der Waals surface area contributed by atoms with Crippen LogP contribution < -0.4 is 5.32 Å². The van der Waals surface area contributed by atoms with Gasteiger partial charge in [-0.25, -0.2) is 9.18 Å². The van der Waals surface area contributed by atoms with Crippen LogP contribution in [0, 0.1) is 5.82 Å². The fourth-order valence-corrected chi connectivity index (χ4v) is 4.58. The number of hydrogen-bond acceptors (Lipinski definition) is 5. The van der Waals surface area contributed by atoms with Crippen LogP contribution >= 0.6 is 11.3 Å². The van der Waals surface area contributed by atoms with Gasteiger partial charge in [0, 0.05) is 37.6 Å². The first kappa shape index (κ1) is 20.5. The summed E-state index contributed by atoms with van der Waals surface area (Å²) in [5.41, 5.74) is -0.843. The molecule has 3 heterocycles. The second-order valence-electron chi connectivity index (χ2n) is 7.69. The quantitative estimate of drug-likeness (QED) is 0.737. The van der Waals surface area contributed by atoms with Gasteiger partial charge in [-0.2, -0.15) is 0 Å². The van der Waals surface area contributed by atoms with Crippen LogP contribution in [0.2, 0.25) is 0 Å². The summed E-state index contributed by atoms with van der Waals surface area (Å²) in [7, 11) is 0. The fraction of sp³-hybridized carbons (Fsp3) is 0.381. The lowest BCUT2D eigenvalue weighted by Gasteiger charge is -2.35. The highest BCUT2D eigenvalue weighted by Crippen LogP contribution is 2.29. The van der Waals surface area contributed by atoms with Gasteiger partial charge in [0.1, 0.15) is 17.9 Å². The van der Waals surface area contributed by atoms with Crippen LogP contribution in [-0.2, 0) is 21.7 Å². The van der Waals surface area contributed by atoms with E-state index in [0.29, 0.717) is 18.7 Å². The number of imide groups is 1. The van der Waals surface area contributed by atoms with Gasteiger partial charge in [-0.15, -0.1) is 11.3 Å². The van der Waals surface area contributed by atoms with Crippen molar-refractivity contribution in [3.8, 4) is 0 Å². The molecule has 0 saturated carbocycles. The minimum absolute atomic E-state index is 0.252. The average Bonchev–Trinajstić information content (AvgIpc) is 3.32. The van der Waals surface area contributed by atoms with E-state index in [1.807, 2.05) is 11.4 Å². The van der Waals surface area contributed by atoms with Crippen LogP contribution in [-0.4, -0.2) is 65.3 Å². The van der Waals surface area contributed by atoms with Gasteiger partial charge in [0.2, 0.25) is 5.91 Å². The number of nitrogens with zero attached hydrogens (tertiary/aromatic N) is 3. The molecule has 0 spiro atoms. The Morgan fingerprint density at radius 3 is 2.47 bits per heavy atom. The topological polar surface area (TPSA) is 73.0 Å². The van der Waals surface area contributed by atoms with Gasteiger partial charge in [0.05, 0.1) is 0 Å². The number of rotatable bonds is 5. The van der Waals surface area contributed by atoms with Crippen molar-refractivity contribution >= 4 is 29.2 Å². The second kappa shape index (κ2) is 8.16. The molecule has 2 aliphatic rings. The normalized spacial score (nSPS) is 22.5. The molecule has 0 bridgehead atoms. The van der Waals surface area contributed by atoms with E-state index < -0.39 is 23.3 Å². The Labute approximate surface area is 178 Å². The molecular formula is C21H23FN4O3S. The Bertz CT molecular complexity index is 942. The fourth-order valence-electron chi connectivity index (χ4n) is 3.83. The van der Waals surface area contributed by atoms with Crippen molar-refractivity contribution in [3.63, 3.8) is 0 Å². The zero-order valence-corrected chi connectivity index (χ0v) is 17.5. The van der Waals surface area contributed by atoms with Crippen molar-refractivity contribution in [1.29, 1.82) is 0 Å². The number of thiophene rings is 1. The predicted molar refractivity (Wildman–Crippen MR) is 110 cm³/mol. The molecule has 2 aromatic rings. The number of amides is 4. The van der Waals surface area contributed by atoms with Crippen molar-refractivity contribution in [2.45, 2.75) is 19.0 Å². The van der Waals surface area contributed by atoms with Crippen molar-refractivity contribution in [1.82, 2.24) is 20.0 Å². The van der Waals surface area contributed by atoms with E-state index in [4.69, 9.17) is 0 Å². The summed E-state index contributed by atoms with van der Waals surface area (Å²) in [6, 6.07) is 8.91. The lowest BCUT2D eigenvalue weighted by atomic mass is 9.92. The Morgan fingerprint density at radius 2 is 1.83 bits per heavy atom. The molecule has 0 aliphatic carbocycles. The second-order valence-corrected chi connectivity index (χ2v) is 8.72. The summed E-state index contributed by atoms with van der Waals surface area (Å²) in [5, 5.41) is 4.69. The van der Waals surface area contributed by atoms with Crippen LogP contribution in [0.4, 0.5) is 9.18 Å². The summed E-state index contributed by atoms with van der Waals surface area (Å²) >= 11 is 1.71. The first-order valence-corrected chi connectivity index (χ1v) is 10.7. The van der Waals surface area contributed by atoms with Crippen LogP contribution in [0.15, 0.2) is 41.8 Å². The number of halogens is 1. The van der Waals surface area contributed by atoms with Gasteiger partial charge in [-0.3, -0.25) is 19.4 Å². The Hall–Kier alpha value is -2.78. The number of hydrogen-bond donors (Lipinski definition) is 1. The molecule has 158 valence electrons. The Balaban J connectivity index is 1.36. The highest BCUT2D eigenvalue weighted by atomic mass is 32.1. The Morgan fingerprint density at radius 1 is 1.13 bits per heavy atom. The molecular weight excluding hydrogens is 407 g/mol. The Kier molecular flexibility index (Phi) is 5.57. The molecule has 7 nitrogen and oxygen atoms in total. The zero-order chi connectivity index (χ0) is 21.3. The summed E-state index contributed by atoms with van der Waals surface area (Å²) < 4.78 is 13.2. The van der Waals surface area contributed by atoms with E-state index in [9.17, 15) is 18.8 Å². The maximum atomic E-state index is 13.2. The maximum absolute atomic E-state index is 13.2. The number of benzene rings is 1. The molecule has 1 N–H and O–H groups in total. The highest BCUT2D eigenvalue weighted by Gasteiger charge is 2.49. The average molecular weight is 431 g/mol. The number of nitrogens with one attached hydrogen (secondary N) is 1. The van der Waals surface area contributed by atoms with Crippen molar-refractivity contribution in [3.05, 3.63) is 58.0 Å². The molecule has 4 amide bonds. The lowest BCUT2D eigenvalue weighted by Crippen LogP contribution is -2.51. The minimum atomic E-state index is -1.32. The third-order valence-corrected chi connectivity index (χ3v) is 6.54. The first-order valence-electron chi connectivity index (χ1n) is 9.79. The van der Waals surface area contributed by atoms with Gasteiger partial charge in [-0.1, -0.05) is 18.2 Å². The van der Waals surface area contributed by atoms with Crippen LogP contribution in [0.25, 0.3) is 0 Å². The zero-order valence-electron chi connectivity index (χ0n) is 16.6. The molecule has 9 heteroatoms. The number of urea groups is 1. The highest BCUT2D eigenvalue weighted by molar-refractivity contribution is 7.09. The van der Waals surface area contributed by atoms with Crippen molar-refractivity contribution < 1.29 is 18.8 Å². The molecule has 2 saturated heterocycles. The van der Waals surface area contributed by atoms with E-state index in [0.717, 1.165) is 24.5 Å². The SMILES string of the molecule is CC1(c2ccc(F)cc2)NC(=O)N(CC(=O)N2CCN(Cc3cccs3)CC2)C1=O. The van der Waals surface area contributed by atoms with Crippen molar-refractivity contribution in [2.24, 2.45) is 0 Å². The van der Waals surface area contributed by atoms with Crippen LogP contribution in [0.1, 0.15) is 17.4 Å². The molecule has 1 unspecified atom stereocenters. The number of piperazine rings is 1. The molecule has 2 fully saturated rings. The van der Waals surface area contributed by atoms with Gasteiger partial charge in [-0.05, 0) is 36.1 Å². The molecule has 1 aromatic heterocycles. The molecule has 0 radical (unpaired) electrons. The van der Waals surface area contributed by atoms with E-state index in [1.165, 1.54) is 29.1 Å². The van der Waals surface area contributed by atoms with E-state index in [2.05, 4.69) is 16.3 Å². The molecule has 4 rings (SSSR count). The van der Waals surface area contributed by atoms with E-state index in [-0.39, 0.29) is 12.5 Å². The van der Waals surface area contributed by atoms with Gasteiger partial charge >= 0.3 is 6.03 Å². The summed E-state index contributed by atoms with van der Waals surface area (Å²) in [4.78, 5) is 44.3. The number of carbonyl (C=O) groups is 3. The summed E-state index contributed by atoms with van der Waals surface area (Å²) in [6.45, 7) is 4.74. The summed E-state index contributed by atoms with van der Waals surface area (Å²) in [5.74, 6) is -1.19. The van der Waals surface area contributed by atoms with Crippen LogP contribution in [0.3, 0.4) is 0 Å². The summed E-state index contributed by atoms with van der Waals surface area (Å²) in [6.07, 6.45) is 0. The standard InChI is InChI=1S/C21H23FN4O3S/c1-21(15-4-6-16(22)7-5-15)19(28)26(20(29)23-21)14-18(27)25-10-8-24(9-11-25)13-17-3-2-12-30-17/h2-7,12H,8-11,13-14H2,1H3,(H,23,29). The van der Waals surface area contributed by atoms with Gasteiger partial charge in [0.15, 0.2) is 0 Å². The van der Waals surface area contributed by atoms with Crippen molar-refractivity contribution in [2.75, 3.05) is 32.7 Å². The predicted octanol–water partition coefficient (Wildman–Crippen LogP) is 2.00. The molecule has 30 heavy (non-hydrogen) atoms.